The Hall–Kier alpha value is -0.510. The van der Waals surface area contributed by atoms with Crippen LogP contribution in [0.2, 0.25) is 5.02 Å². The molecule has 0 aliphatic heterocycles. The van der Waals surface area contributed by atoms with E-state index in [-0.39, 0.29) is 12.5 Å². The van der Waals surface area contributed by atoms with Crippen molar-refractivity contribution in [2.24, 2.45) is 5.73 Å². The molecule has 0 spiro atoms. The molecular formula is C9H12ClNO3P+. The molecule has 6 heteroatoms. The summed E-state index contributed by atoms with van der Waals surface area (Å²) < 4.78 is 15.0. The summed E-state index contributed by atoms with van der Waals surface area (Å²) in [6.07, 6.45) is 0. The Morgan fingerprint density at radius 3 is 2.53 bits per heavy atom. The van der Waals surface area contributed by atoms with Crippen LogP contribution in [0.25, 0.3) is 0 Å². The number of hydrogen-bond acceptors (Lipinski definition) is 3. The maximum absolute atomic E-state index is 10.4. The molecule has 0 heterocycles. The lowest BCUT2D eigenvalue weighted by atomic mass is 10.0. The molecule has 0 bridgehead atoms. The fourth-order valence-electron chi connectivity index (χ4n) is 1.19. The van der Waals surface area contributed by atoms with Crippen LogP contribution in [0.1, 0.15) is 11.5 Å². The minimum atomic E-state index is -2.57. The van der Waals surface area contributed by atoms with E-state index in [4.69, 9.17) is 22.2 Å². The van der Waals surface area contributed by atoms with Crippen LogP contribution in [0.3, 0.4) is 0 Å². The molecule has 15 heavy (non-hydrogen) atoms. The van der Waals surface area contributed by atoms with Gasteiger partial charge in [-0.1, -0.05) is 23.7 Å². The van der Waals surface area contributed by atoms with Crippen LogP contribution in [-0.2, 0) is 9.09 Å². The van der Waals surface area contributed by atoms with Crippen molar-refractivity contribution in [3.63, 3.8) is 0 Å². The number of halogens is 1. The molecule has 2 atom stereocenters. The second kappa shape index (κ2) is 6.16. The van der Waals surface area contributed by atoms with Gasteiger partial charge in [-0.3, -0.25) is 0 Å². The van der Waals surface area contributed by atoms with E-state index in [1.165, 1.54) is 0 Å². The Bertz CT molecular complexity index is 331. The fraction of sp³-hybridized carbons (Fsp3) is 0.333. The Morgan fingerprint density at radius 2 is 2.07 bits per heavy atom. The summed E-state index contributed by atoms with van der Waals surface area (Å²) in [4.78, 5) is 8.51. The van der Waals surface area contributed by atoms with E-state index >= 15 is 0 Å². The zero-order chi connectivity index (χ0) is 11.3. The van der Waals surface area contributed by atoms with Crippen LogP contribution in [0.4, 0.5) is 0 Å². The maximum atomic E-state index is 10.4. The molecule has 0 fully saturated rings. The third-order valence-electron chi connectivity index (χ3n) is 2.01. The van der Waals surface area contributed by atoms with Gasteiger partial charge in [0, 0.05) is 22.1 Å². The third-order valence-corrected chi connectivity index (χ3v) is 2.63. The summed E-state index contributed by atoms with van der Waals surface area (Å²) in [7, 11) is -2.57. The molecular weight excluding hydrogens is 237 g/mol. The predicted octanol–water partition coefficient (Wildman–Crippen LogP) is 2.05. The molecule has 0 saturated heterocycles. The topological polar surface area (TPSA) is 72.5 Å². The quantitative estimate of drug-likeness (QED) is 0.782. The first-order valence-electron chi connectivity index (χ1n) is 4.38. The molecule has 1 rings (SSSR count). The molecule has 1 aromatic rings. The largest absolute Gasteiger partial charge is 0.694 e. The van der Waals surface area contributed by atoms with Crippen LogP contribution in [0.15, 0.2) is 24.3 Å². The average Bonchev–Trinajstić information content (AvgIpc) is 2.21. The van der Waals surface area contributed by atoms with Gasteiger partial charge in [-0.15, -0.1) is 9.42 Å². The van der Waals surface area contributed by atoms with Gasteiger partial charge in [-0.2, -0.15) is 0 Å². The molecule has 3 N–H and O–H groups in total. The summed E-state index contributed by atoms with van der Waals surface area (Å²) in [5.41, 5.74) is 6.48. The van der Waals surface area contributed by atoms with E-state index in [1.54, 1.807) is 12.1 Å². The minimum absolute atomic E-state index is 0.0895. The van der Waals surface area contributed by atoms with Gasteiger partial charge in [-0.05, 0) is 17.7 Å². The molecule has 2 unspecified atom stereocenters. The van der Waals surface area contributed by atoms with Crippen molar-refractivity contribution in [2.45, 2.75) is 5.92 Å². The minimum Gasteiger partial charge on any atom is -0.330 e. The van der Waals surface area contributed by atoms with Gasteiger partial charge in [-0.25, -0.2) is 0 Å². The molecule has 0 amide bonds. The van der Waals surface area contributed by atoms with Gasteiger partial charge in [0.25, 0.3) is 0 Å². The van der Waals surface area contributed by atoms with Crippen molar-refractivity contribution in [3.05, 3.63) is 34.9 Å². The number of rotatable bonds is 5. The van der Waals surface area contributed by atoms with Crippen molar-refractivity contribution < 1.29 is 14.0 Å². The zero-order valence-corrected chi connectivity index (χ0v) is 9.62. The van der Waals surface area contributed by atoms with Crippen molar-refractivity contribution in [1.82, 2.24) is 0 Å². The Balaban J connectivity index is 2.65. The molecule has 1 aromatic carbocycles. The number of nitrogens with two attached hydrogens (primary N) is 1. The maximum Gasteiger partial charge on any atom is 0.694 e. The second-order valence-corrected chi connectivity index (χ2v) is 4.19. The summed E-state index contributed by atoms with van der Waals surface area (Å²) in [6.45, 7) is 0.481. The van der Waals surface area contributed by atoms with E-state index < -0.39 is 8.25 Å². The van der Waals surface area contributed by atoms with E-state index in [9.17, 15) is 4.57 Å². The van der Waals surface area contributed by atoms with E-state index in [0.29, 0.717) is 11.6 Å². The molecule has 0 saturated carbocycles. The highest BCUT2D eigenvalue weighted by molar-refractivity contribution is 7.32. The lowest BCUT2D eigenvalue weighted by Gasteiger charge is -2.11. The molecule has 82 valence electrons. The predicted molar refractivity (Wildman–Crippen MR) is 59.0 cm³/mol. The van der Waals surface area contributed by atoms with Crippen LogP contribution >= 0.6 is 19.9 Å². The van der Waals surface area contributed by atoms with Gasteiger partial charge in [0.05, 0.1) is 0 Å². The van der Waals surface area contributed by atoms with Crippen LogP contribution in [0.5, 0.6) is 0 Å². The highest BCUT2D eigenvalue weighted by atomic mass is 35.5. The van der Waals surface area contributed by atoms with Gasteiger partial charge in [0.2, 0.25) is 0 Å². The van der Waals surface area contributed by atoms with Gasteiger partial charge < -0.3 is 5.73 Å². The first-order chi connectivity index (χ1) is 7.13. The van der Waals surface area contributed by atoms with Crippen LogP contribution in [0, 0.1) is 0 Å². The summed E-state index contributed by atoms with van der Waals surface area (Å²) in [5, 5.41) is 0.642. The lowest BCUT2D eigenvalue weighted by Crippen LogP contribution is -2.16. The van der Waals surface area contributed by atoms with Crippen molar-refractivity contribution in [3.8, 4) is 0 Å². The third kappa shape index (κ3) is 4.24. The Kier molecular flexibility index (Phi) is 5.15. The first-order valence-corrected chi connectivity index (χ1v) is 5.89. The normalized spacial score (nSPS) is 13.7. The monoisotopic (exact) mass is 248 g/mol. The summed E-state index contributed by atoms with van der Waals surface area (Å²) in [5.74, 6) is -0.0895. The van der Waals surface area contributed by atoms with Gasteiger partial charge in [0.1, 0.15) is 6.61 Å². The van der Waals surface area contributed by atoms with Gasteiger partial charge in [0.15, 0.2) is 0 Å². The second-order valence-electron chi connectivity index (χ2n) is 3.02. The summed E-state index contributed by atoms with van der Waals surface area (Å²) >= 11 is 5.74. The van der Waals surface area contributed by atoms with Crippen LogP contribution in [-0.4, -0.2) is 18.0 Å². The van der Waals surface area contributed by atoms with E-state index in [0.717, 1.165) is 5.56 Å². The molecule has 0 aliphatic carbocycles. The number of hydrogen-bond donors (Lipinski definition) is 2. The fourth-order valence-corrected chi connectivity index (χ4v) is 1.62. The van der Waals surface area contributed by atoms with Gasteiger partial charge >= 0.3 is 8.25 Å². The average molecular weight is 249 g/mol. The summed E-state index contributed by atoms with van der Waals surface area (Å²) in [6, 6.07) is 7.15. The SMILES string of the molecule is NCC(CO[P+](=O)O)c1ccc(Cl)cc1. The van der Waals surface area contributed by atoms with Crippen molar-refractivity contribution in [2.75, 3.05) is 13.2 Å². The van der Waals surface area contributed by atoms with Crippen molar-refractivity contribution in [1.29, 1.82) is 0 Å². The molecule has 0 radical (unpaired) electrons. The lowest BCUT2D eigenvalue weighted by molar-refractivity contribution is 0.263. The highest BCUT2D eigenvalue weighted by Gasteiger charge is 2.18. The van der Waals surface area contributed by atoms with E-state index in [2.05, 4.69) is 4.52 Å². The standard InChI is InChI=1S/C9H11ClNO3P/c10-9-3-1-7(2-4-9)8(5-11)6-14-15(12)13/h1-4,8H,5-6,11H2/p+1. The Morgan fingerprint density at radius 1 is 1.47 bits per heavy atom. The zero-order valence-electron chi connectivity index (χ0n) is 7.97. The molecule has 4 nitrogen and oxygen atoms in total. The smallest absolute Gasteiger partial charge is 0.330 e. The number of benzene rings is 1. The van der Waals surface area contributed by atoms with Crippen LogP contribution < -0.4 is 5.73 Å². The Labute approximate surface area is 94.0 Å². The van der Waals surface area contributed by atoms with E-state index in [1.807, 2.05) is 12.1 Å². The van der Waals surface area contributed by atoms with Crippen molar-refractivity contribution >= 4 is 19.9 Å². The first kappa shape index (κ1) is 12.6. The molecule has 0 aromatic heterocycles. The highest BCUT2D eigenvalue weighted by Crippen LogP contribution is 2.22. The molecule has 0 aliphatic rings.